The van der Waals surface area contributed by atoms with Gasteiger partial charge in [0.1, 0.15) is 11.2 Å². The summed E-state index contributed by atoms with van der Waals surface area (Å²) in [5.74, 6) is -14.2. The maximum atomic E-state index is 11.8. The first kappa shape index (κ1) is 56.7. The van der Waals surface area contributed by atoms with E-state index in [2.05, 4.69) is 39.7 Å². The Bertz CT molecular complexity index is 1790. The van der Waals surface area contributed by atoms with Crippen LogP contribution in [-0.2, 0) is 129 Å². The molecule has 4 saturated heterocycles. The molecule has 4 aliphatic rings. The second-order valence-electron chi connectivity index (χ2n) is 14.4. The Labute approximate surface area is 375 Å². The van der Waals surface area contributed by atoms with Gasteiger partial charge < -0.3 is 66.3 Å². The Morgan fingerprint density at radius 1 is 0.455 bits per heavy atom. The number of hydrogen-bond donors (Lipinski definition) is 0. The fourth-order valence-corrected chi connectivity index (χ4v) is 4.51. The molecule has 27 heteroatoms. The van der Waals surface area contributed by atoms with E-state index in [-0.39, 0.29) is 19.0 Å². The van der Waals surface area contributed by atoms with Gasteiger partial charge >= 0.3 is 77.6 Å². The molecule has 4 rings (SSSR count). The van der Waals surface area contributed by atoms with Crippen molar-refractivity contribution in [3.05, 3.63) is 12.3 Å². The number of carbonyl (C=O) groups is 13. The monoisotopic (exact) mass is 950 g/mol. The van der Waals surface area contributed by atoms with Crippen molar-refractivity contribution in [2.24, 2.45) is 0 Å². The molecule has 0 aliphatic carbocycles. The first-order valence-electron chi connectivity index (χ1n) is 19.3. The molecule has 4 heterocycles. The van der Waals surface area contributed by atoms with Crippen LogP contribution < -0.4 is 0 Å². The maximum absolute atomic E-state index is 11.8. The Balaban J connectivity index is 0.000000446. The van der Waals surface area contributed by atoms with E-state index in [4.69, 9.17) is 33.2 Å². The topological polar surface area (TPSA) is 351 Å². The maximum Gasteiger partial charge on any atom is 0.418 e. The molecule has 0 aromatic carbocycles. The molecule has 0 saturated carbocycles. The summed E-state index contributed by atoms with van der Waals surface area (Å²) in [5, 5.41) is 0. The summed E-state index contributed by atoms with van der Waals surface area (Å²) in [4.78, 5) is 146. The average Bonchev–Trinajstić information content (AvgIpc) is 3.22. The number of rotatable bonds is 10. The van der Waals surface area contributed by atoms with Crippen LogP contribution in [0.1, 0.15) is 69.2 Å². The number of hydrogen-bond acceptors (Lipinski definition) is 27. The largest absolute Gasteiger partial charge is 0.467 e. The van der Waals surface area contributed by atoms with Gasteiger partial charge in [0.25, 0.3) is 0 Å². The lowest BCUT2D eigenvalue weighted by Crippen LogP contribution is -2.57. The zero-order valence-corrected chi connectivity index (χ0v) is 37.8. The molecule has 4 fully saturated rings. The summed E-state index contributed by atoms with van der Waals surface area (Å²) >= 11 is 0. The van der Waals surface area contributed by atoms with Gasteiger partial charge in [-0.1, -0.05) is 0 Å². The minimum Gasteiger partial charge on any atom is -0.467 e. The molecule has 0 amide bonds. The molecule has 6 atom stereocenters. The van der Waals surface area contributed by atoms with Gasteiger partial charge in [0.2, 0.25) is 36.6 Å². The third-order valence-corrected chi connectivity index (χ3v) is 8.21. The van der Waals surface area contributed by atoms with Crippen molar-refractivity contribution in [2.45, 2.75) is 129 Å². The Kier molecular flexibility index (Phi) is 21.2. The molecule has 0 spiro atoms. The zero-order chi connectivity index (χ0) is 51.0. The summed E-state index contributed by atoms with van der Waals surface area (Å²) in [6.07, 6.45) is -10.4. The van der Waals surface area contributed by atoms with Crippen LogP contribution in [0.15, 0.2) is 12.3 Å². The highest BCUT2D eigenvalue weighted by molar-refractivity contribution is 6.32. The molecule has 368 valence electrons. The predicted octanol–water partition coefficient (Wildman–Crippen LogP) is -1.52. The van der Waals surface area contributed by atoms with Crippen LogP contribution >= 0.6 is 0 Å². The highest BCUT2D eigenvalue weighted by atomic mass is 16.7. The Morgan fingerprint density at radius 2 is 0.712 bits per heavy atom. The van der Waals surface area contributed by atoms with Crippen molar-refractivity contribution in [3.63, 3.8) is 0 Å². The van der Waals surface area contributed by atoms with Crippen LogP contribution in [0.4, 0.5) is 0 Å². The minimum absolute atomic E-state index is 0.0867. The quantitative estimate of drug-likeness (QED) is 0.104. The molecule has 0 bridgehead atoms. The van der Waals surface area contributed by atoms with Crippen molar-refractivity contribution >= 4 is 77.6 Å². The molecule has 66 heavy (non-hydrogen) atoms. The highest BCUT2D eigenvalue weighted by Crippen LogP contribution is 2.33. The highest BCUT2D eigenvalue weighted by Gasteiger charge is 2.52. The second kappa shape index (κ2) is 24.6. The van der Waals surface area contributed by atoms with E-state index in [9.17, 15) is 62.3 Å². The van der Waals surface area contributed by atoms with Crippen LogP contribution in [0.3, 0.4) is 0 Å². The predicted molar refractivity (Wildman–Crippen MR) is 204 cm³/mol. The standard InChI is InChI=1S/C12H16O8.C11H14O7.C8H8O8.C8H12O4/c1-5(2)17-9(13)7-8(10(14)18-6(3)4)20-12(16)11(15)19-7;1-4-15-10(13)7-8(11(14)16-5-2)18-9(12)6(3)17-7;1-13-5(9)3-4(6(10)14-2)16-8(12)7(11)15-3;1-7(2)8(3,4)12-6(10)5(9)11-7/h5-8H,1-4H3;7-8H,3-5H2,1-2H3;3-4H,1-2H3;1-4H3/t2*7-,8-;3-,4-;/m111./s1. The van der Waals surface area contributed by atoms with Gasteiger partial charge in [-0.15, -0.1) is 0 Å². The fourth-order valence-electron chi connectivity index (χ4n) is 4.51. The van der Waals surface area contributed by atoms with Crippen LogP contribution in [0.2, 0.25) is 0 Å². The van der Waals surface area contributed by atoms with Gasteiger partial charge in [-0.05, 0) is 75.8 Å². The SMILES string of the molecule is C=C1O[C@@H](C(=O)OCC)[C@H](C(=O)OCC)OC1=O.CC(C)OC(=O)[C@@H]1OC(=O)C(=O)O[C@H]1C(=O)OC(C)C.CC1(C)OC(=O)C(=O)OC1(C)C.COC(=O)[C@@H]1OC(=O)C(=O)O[C@H]1C(=O)OC. The first-order valence-corrected chi connectivity index (χ1v) is 19.3. The zero-order valence-electron chi connectivity index (χ0n) is 37.8. The van der Waals surface area contributed by atoms with Crippen molar-refractivity contribution in [1.82, 2.24) is 0 Å². The molecule has 0 N–H and O–H groups in total. The third-order valence-electron chi connectivity index (χ3n) is 8.21. The van der Waals surface area contributed by atoms with E-state index in [0.717, 1.165) is 14.2 Å². The molecule has 0 aromatic heterocycles. The summed E-state index contributed by atoms with van der Waals surface area (Å²) in [5.41, 5.74) is -1.53. The van der Waals surface area contributed by atoms with Crippen LogP contribution in [0.5, 0.6) is 0 Å². The van der Waals surface area contributed by atoms with Crippen molar-refractivity contribution in [3.8, 4) is 0 Å². The lowest BCUT2D eigenvalue weighted by molar-refractivity contribution is -0.226. The van der Waals surface area contributed by atoms with E-state index in [1.807, 2.05) is 0 Å². The van der Waals surface area contributed by atoms with Crippen LogP contribution in [0.25, 0.3) is 0 Å². The molecule has 27 nitrogen and oxygen atoms in total. The summed E-state index contributed by atoms with van der Waals surface area (Å²) < 4.78 is 65.1. The van der Waals surface area contributed by atoms with Crippen LogP contribution in [0, 0.1) is 0 Å². The van der Waals surface area contributed by atoms with Crippen LogP contribution in [-0.4, -0.2) is 165 Å². The molecular weight excluding hydrogens is 900 g/mol. The van der Waals surface area contributed by atoms with Crippen molar-refractivity contribution in [1.29, 1.82) is 0 Å². The van der Waals surface area contributed by atoms with Gasteiger partial charge in [-0.3, -0.25) is 0 Å². The fraction of sp³-hybridized carbons (Fsp3) is 0.615. The molecule has 0 radical (unpaired) electrons. The average molecular weight is 951 g/mol. The van der Waals surface area contributed by atoms with Gasteiger partial charge in [0.05, 0.1) is 39.6 Å². The Hall–Kier alpha value is -7.35. The van der Waals surface area contributed by atoms with E-state index >= 15 is 0 Å². The number of methoxy groups -OCH3 is 2. The number of carbonyl (C=O) groups excluding carboxylic acids is 13. The summed E-state index contributed by atoms with van der Waals surface area (Å²) in [7, 11) is 2.06. The molecule has 4 aliphatic heterocycles. The van der Waals surface area contributed by atoms with Gasteiger partial charge in [0, 0.05) is 0 Å². The smallest absolute Gasteiger partial charge is 0.418 e. The first-order chi connectivity index (χ1) is 30.5. The third kappa shape index (κ3) is 15.7. The number of ether oxygens (including phenoxy) is 14. The molecule has 0 aromatic rings. The summed E-state index contributed by atoms with van der Waals surface area (Å²) in [6.45, 7) is 19.8. The molecule has 0 unspecified atom stereocenters. The summed E-state index contributed by atoms with van der Waals surface area (Å²) in [6, 6.07) is 0. The van der Waals surface area contributed by atoms with Gasteiger partial charge in [0.15, 0.2) is 5.76 Å². The van der Waals surface area contributed by atoms with Gasteiger partial charge in [-0.2, -0.15) is 0 Å². The van der Waals surface area contributed by atoms with E-state index in [0.29, 0.717) is 0 Å². The van der Waals surface area contributed by atoms with E-state index < -0.39 is 138 Å². The Morgan fingerprint density at radius 3 is 0.985 bits per heavy atom. The lowest BCUT2D eigenvalue weighted by Gasteiger charge is -2.42. The second-order valence-corrected chi connectivity index (χ2v) is 14.4. The number of esters is 13. The number of cyclic esters (lactones) is 7. The normalized spacial score (nSPS) is 23.5. The van der Waals surface area contributed by atoms with Gasteiger partial charge in [-0.25, -0.2) is 62.3 Å². The van der Waals surface area contributed by atoms with Crippen molar-refractivity contribution in [2.75, 3.05) is 27.4 Å². The van der Waals surface area contributed by atoms with E-state index in [1.54, 1.807) is 69.2 Å². The van der Waals surface area contributed by atoms with Crippen molar-refractivity contribution < 1.29 is 129 Å². The minimum atomic E-state index is -1.66. The molecular formula is C39H50O27. The lowest BCUT2D eigenvalue weighted by atomic mass is 9.88. The van der Waals surface area contributed by atoms with E-state index in [1.165, 1.54) is 0 Å².